The number of carbonyl (C=O) groups is 1. The molecule has 2 aromatic carbocycles. The van der Waals surface area contributed by atoms with E-state index in [-0.39, 0.29) is 12.0 Å². The van der Waals surface area contributed by atoms with E-state index in [1.54, 1.807) is 0 Å². The maximum absolute atomic E-state index is 12.5. The van der Waals surface area contributed by atoms with Gasteiger partial charge in [-0.1, -0.05) is 60.3 Å². The molecule has 1 N–H and O–H groups in total. The molecule has 2 fully saturated rings. The fourth-order valence-electron chi connectivity index (χ4n) is 4.03. The molecule has 1 aromatic heterocycles. The first-order chi connectivity index (χ1) is 16.2. The van der Waals surface area contributed by atoms with Crippen molar-refractivity contribution in [1.82, 2.24) is 25.0 Å². The van der Waals surface area contributed by atoms with Crippen molar-refractivity contribution in [3.63, 3.8) is 0 Å². The summed E-state index contributed by atoms with van der Waals surface area (Å²) in [5, 5.41) is 8.34. The molecule has 1 unspecified atom stereocenters. The Bertz CT molecular complexity index is 1060. The largest absolute Gasteiger partial charge is 0.374 e. The van der Waals surface area contributed by atoms with Crippen LogP contribution < -0.4 is 5.32 Å². The van der Waals surface area contributed by atoms with Crippen molar-refractivity contribution in [3.05, 3.63) is 72.1 Å². The van der Waals surface area contributed by atoms with Gasteiger partial charge in [0.05, 0.1) is 24.2 Å². The Hall–Kier alpha value is -2.68. The summed E-state index contributed by atoms with van der Waals surface area (Å²) < 4.78 is 7.79. The zero-order valence-corrected chi connectivity index (χ0v) is 19.4. The van der Waals surface area contributed by atoms with Crippen LogP contribution in [0.5, 0.6) is 0 Å². The number of ether oxygens (including phenoxy) is 1. The van der Waals surface area contributed by atoms with Gasteiger partial charge in [0.2, 0.25) is 11.1 Å². The molecule has 1 saturated heterocycles. The van der Waals surface area contributed by atoms with Gasteiger partial charge in [-0.2, -0.15) is 0 Å². The number of benzene rings is 2. The molecule has 2 heterocycles. The molecule has 172 valence electrons. The van der Waals surface area contributed by atoms with Crippen molar-refractivity contribution in [2.45, 2.75) is 36.6 Å². The van der Waals surface area contributed by atoms with Gasteiger partial charge >= 0.3 is 0 Å². The third-order valence-corrected chi connectivity index (χ3v) is 6.72. The highest BCUT2D eigenvalue weighted by atomic mass is 32.2. The highest BCUT2D eigenvalue weighted by Crippen LogP contribution is 2.40. The van der Waals surface area contributed by atoms with Crippen molar-refractivity contribution in [2.24, 2.45) is 0 Å². The molecular weight excluding hydrogens is 434 g/mol. The third kappa shape index (κ3) is 6.01. The fourth-order valence-corrected chi connectivity index (χ4v) is 4.69. The summed E-state index contributed by atoms with van der Waals surface area (Å²) in [6.07, 6.45) is 2.31. The summed E-state index contributed by atoms with van der Waals surface area (Å²) in [6, 6.07) is 20.5. The lowest BCUT2D eigenvalue weighted by molar-refractivity contribution is -0.119. The molecule has 1 aliphatic heterocycles. The average Bonchev–Trinajstić information content (AvgIpc) is 3.62. The van der Waals surface area contributed by atoms with Crippen LogP contribution in [-0.2, 0) is 16.1 Å². The van der Waals surface area contributed by atoms with Crippen LogP contribution in [0.25, 0.3) is 5.69 Å². The maximum Gasteiger partial charge on any atom is 0.230 e. The van der Waals surface area contributed by atoms with Crippen LogP contribution in [0.2, 0.25) is 0 Å². The Labute approximate surface area is 198 Å². The number of hydrogen-bond donors (Lipinski definition) is 1. The summed E-state index contributed by atoms with van der Waals surface area (Å²) >= 11 is 1.39. The Morgan fingerprint density at radius 1 is 1.09 bits per heavy atom. The number of hydrogen-bond acceptors (Lipinski definition) is 6. The lowest BCUT2D eigenvalue weighted by Crippen LogP contribution is -2.47. The second-order valence-electron chi connectivity index (χ2n) is 8.58. The van der Waals surface area contributed by atoms with Crippen LogP contribution in [0.4, 0.5) is 0 Å². The summed E-state index contributed by atoms with van der Waals surface area (Å²) in [6.45, 7) is 3.84. The smallest absolute Gasteiger partial charge is 0.230 e. The minimum Gasteiger partial charge on any atom is -0.374 e. The number of nitrogens with zero attached hydrogens (tertiary/aromatic N) is 4. The molecule has 1 atom stereocenters. The average molecular weight is 464 g/mol. The van der Waals surface area contributed by atoms with E-state index >= 15 is 0 Å². The number of carbonyl (C=O) groups excluding carboxylic acids is 1. The van der Waals surface area contributed by atoms with Gasteiger partial charge in [0.25, 0.3) is 0 Å². The van der Waals surface area contributed by atoms with Crippen molar-refractivity contribution < 1.29 is 9.53 Å². The monoisotopic (exact) mass is 463 g/mol. The molecule has 0 bridgehead atoms. The molecule has 1 saturated carbocycles. The van der Waals surface area contributed by atoms with Crippen molar-refractivity contribution in [1.29, 1.82) is 0 Å². The van der Waals surface area contributed by atoms with Gasteiger partial charge in [-0.3, -0.25) is 9.69 Å². The second kappa shape index (κ2) is 10.5. The summed E-state index contributed by atoms with van der Waals surface area (Å²) in [5.74, 6) is 1.75. The predicted molar refractivity (Wildman–Crippen MR) is 129 cm³/mol. The first-order valence-electron chi connectivity index (χ1n) is 11.5. The minimum atomic E-state index is -0.0205. The summed E-state index contributed by atoms with van der Waals surface area (Å²) in [5.41, 5.74) is 2.31. The van der Waals surface area contributed by atoms with Crippen LogP contribution >= 0.6 is 11.8 Å². The number of morpholine rings is 1. The maximum atomic E-state index is 12.5. The number of amides is 1. The Morgan fingerprint density at radius 2 is 1.85 bits per heavy atom. The molecule has 1 amide bonds. The quantitative estimate of drug-likeness (QED) is 0.491. The van der Waals surface area contributed by atoms with Crippen LogP contribution in [0, 0.1) is 0 Å². The summed E-state index contributed by atoms with van der Waals surface area (Å²) in [7, 11) is 0. The van der Waals surface area contributed by atoms with E-state index in [1.807, 2.05) is 41.1 Å². The van der Waals surface area contributed by atoms with E-state index in [0.29, 0.717) is 30.0 Å². The Balaban J connectivity index is 1.10. The van der Waals surface area contributed by atoms with E-state index in [4.69, 9.17) is 9.72 Å². The van der Waals surface area contributed by atoms with E-state index in [2.05, 4.69) is 39.6 Å². The van der Waals surface area contributed by atoms with E-state index in [1.165, 1.54) is 17.3 Å². The minimum absolute atomic E-state index is 0.00768. The molecular formula is C25H29N5O2S. The van der Waals surface area contributed by atoms with Gasteiger partial charge in [0, 0.05) is 32.1 Å². The number of aromatic nitrogens is 3. The van der Waals surface area contributed by atoms with Gasteiger partial charge < -0.3 is 10.1 Å². The van der Waals surface area contributed by atoms with Crippen LogP contribution in [-0.4, -0.2) is 63.7 Å². The number of para-hydroxylation sites is 1. The number of rotatable bonds is 9. The fraction of sp³-hybridized carbons (Fsp3) is 0.400. The van der Waals surface area contributed by atoms with Gasteiger partial charge in [-0.25, -0.2) is 9.67 Å². The molecule has 0 spiro atoms. The van der Waals surface area contributed by atoms with Crippen molar-refractivity contribution >= 4 is 17.7 Å². The highest BCUT2D eigenvalue weighted by molar-refractivity contribution is 7.99. The van der Waals surface area contributed by atoms with Gasteiger partial charge in [0.1, 0.15) is 5.82 Å². The normalized spacial score (nSPS) is 18.8. The zero-order chi connectivity index (χ0) is 22.5. The Kier molecular flexibility index (Phi) is 7.04. The number of nitrogens with one attached hydrogen (secondary N) is 1. The predicted octanol–water partition coefficient (Wildman–Crippen LogP) is 3.25. The molecule has 3 aromatic rings. The zero-order valence-electron chi connectivity index (χ0n) is 18.6. The Morgan fingerprint density at radius 3 is 2.61 bits per heavy atom. The molecule has 1 aliphatic carbocycles. The molecule has 2 aliphatic rings. The highest BCUT2D eigenvalue weighted by Gasteiger charge is 2.30. The van der Waals surface area contributed by atoms with Crippen molar-refractivity contribution in [3.8, 4) is 5.69 Å². The van der Waals surface area contributed by atoms with E-state index in [9.17, 15) is 4.79 Å². The van der Waals surface area contributed by atoms with Crippen LogP contribution in [0.15, 0.2) is 65.8 Å². The molecule has 0 radical (unpaired) electrons. The first-order valence-corrected chi connectivity index (χ1v) is 12.5. The molecule has 5 rings (SSSR count). The first kappa shape index (κ1) is 22.1. The van der Waals surface area contributed by atoms with Crippen molar-refractivity contribution in [2.75, 3.05) is 32.0 Å². The number of thioether (sulfide) groups is 1. The summed E-state index contributed by atoms with van der Waals surface area (Å²) in [4.78, 5) is 19.6. The molecule has 33 heavy (non-hydrogen) atoms. The molecule has 7 nitrogen and oxygen atoms in total. The SMILES string of the molecule is O=C(CSc1nc(C2CC2)n(-c2ccccc2)n1)NCC1CN(Cc2ccccc2)CCO1. The third-order valence-electron chi connectivity index (χ3n) is 5.89. The van der Waals surface area contributed by atoms with E-state index in [0.717, 1.165) is 44.0 Å². The standard InChI is InChI=1S/C25H29N5O2S/c31-23(26-15-22-17-29(13-14-32-22)16-19-7-3-1-4-8-19)18-33-25-27-24(20-11-12-20)30(28-25)21-9-5-2-6-10-21/h1-10,20,22H,11-18H2,(H,26,31). The molecule has 8 heteroatoms. The lowest BCUT2D eigenvalue weighted by Gasteiger charge is -2.33. The topological polar surface area (TPSA) is 72.3 Å². The van der Waals surface area contributed by atoms with Crippen LogP contribution in [0.1, 0.15) is 30.1 Å². The van der Waals surface area contributed by atoms with Gasteiger partial charge in [-0.05, 0) is 30.5 Å². The van der Waals surface area contributed by atoms with E-state index < -0.39 is 0 Å². The second-order valence-corrected chi connectivity index (χ2v) is 9.52. The van der Waals surface area contributed by atoms with Crippen LogP contribution in [0.3, 0.4) is 0 Å². The van der Waals surface area contributed by atoms with Gasteiger partial charge in [-0.15, -0.1) is 5.10 Å². The lowest BCUT2D eigenvalue weighted by atomic mass is 10.2. The van der Waals surface area contributed by atoms with Gasteiger partial charge in [0.15, 0.2) is 0 Å².